The Morgan fingerprint density at radius 2 is 2.15 bits per heavy atom. The summed E-state index contributed by atoms with van der Waals surface area (Å²) >= 11 is 3.52. The first kappa shape index (κ1) is 15.9. The third-order valence-corrected chi connectivity index (χ3v) is 5.15. The first-order chi connectivity index (χ1) is 9.32. The highest BCUT2D eigenvalue weighted by Crippen LogP contribution is 2.38. The van der Waals surface area contributed by atoms with Gasteiger partial charge in [-0.2, -0.15) is 0 Å². The summed E-state index contributed by atoms with van der Waals surface area (Å²) in [5.74, 6) is 0.470. The Morgan fingerprint density at radius 1 is 1.45 bits per heavy atom. The number of likely N-dealkylation sites (tertiary alicyclic amines) is 1. The number of benzene rings is 1. The Kier molecular flexibility index (Phi) is 4.88. The Bertz CT molecular complexity index is 470. The molecule has 1 aromatic rings. The van der Waals surface area contributed by atoms with Gasteiger partial charge in [0.1, 0.15) is 5.82 Å². The maximum atomic E-state index is 13.5. The van der Waals surface area contributed by atoms with E-state index in [1.54, 1.807) is 12.1 Å². The molecule has 4 heteroatoms. The maximum Gasteiger partial charge on any atom is 0.123 e. The molecule has 0 radical (unpaired) electrons. The van der Waals surface area contributed by atoms with Gasteiger partial charge in [0, 0.05) is 23.6 Å². The van der Waals surface area contributed by atoms with Crippen LogP contribution in [0, 0.1) is 17.2 Å². The fraction of sp³-hybridized carbons (Fsp3) is 0.625. The van der Waals surface area contributed by atoms with Crippen molar-refractivity contribution in [2.45, 2.75) is 33.2 Å². The van der Waals surface area contributed by atoms with Crippen LogP contribution >= 0.6 is 15.9 Å². The minimum Gasteiger partial charge on any atom is -0.329 e. The molecule has 2 rings (SSSR count). The molecule has 112 valence electrons. The molecule has 1 fully saturated rings. The molecule has 0 aliphatic carbocycles. The van der Waals surface area contributed by atoms with E-state index in [0.29, 0.717) is 17.9 Å². The molecule has 1 saturated heterocycles. The summed E-state index contributed by atoms with van der Waals surface area (Å²) in [6, 6.07) is 4.94. The van der Waals surface area contributed by atoms with Gasteiger partial charge in [-0.25, -0.2) is 4.39 Å². The molecule has 1 aliphatic heterocycles. The predicted molar refractivity (Wildman–Crippen MR) is 85.0 cm³/mol. The summed E-state index contributed by atoms with van der Waals surface area (Å²) < 4.78 is 14.5. The number of nitrogens with two attached hydrogens (primary N) is 1. The lowest BCUT2D eigenvalue weighted by Gasteiger charge is -2.31. The van der Waals surface area contributed by atoms with E-state index >= 15 is 0 Å². The number of nitrogens with zero attached hydrogens (tertiary/aromatic N) is 1. The van der Waals surface area contributed by atoms with Crippen molar-refractivity contribution in [3.05, 3.63) is 34.1 Å². The number of rotatable bonds is 3. The monoisotopic (exact) mass is 342 g/mol. The van der Waals surface area contributed by atoms with Gasteiger partial charge >= 0.3 is 0 Å². The van der Waals surface area contributed by atoms with Gasteiger partial charge in [-0.3, -0.25) is 4.90 Å². The van der Waals surface area contributed by atoms with Crippen LogP contribution in [0.4, 0.5) is 4.39 Å². The molecule has 2 unspecified atom stereocenters. The van der Waals surface area contributed by atoms with Gasteiger partial charge in [-0.05, 0) is 48.1 Å². The van der Waals surface area contributed by atoms with Crippen molar-refractivity contribution < 1.29 is 4.39 Å². The molecular formula is C16H24BrFN2. The van der Waals surface area contributed by atoms with Crippen LogP contribution in [0.25, 0.3) is 0 Å². The van der Waals surface area contributed by atoms with Crippen LogP contribution in [0.2, 0.25) is 0 Å². The van der Waals surface area contributed by atoms with Gasteiger partial charge in [0.15, 0.2) is 0 Å². The highest BCUT2D eigenvalue weighted by molar-refractivity contribution is 9.10. The van der Waals surface area contributed by atoms with Gasteiger partial charge < -0.3 is 5.73 Å². The summed E-state index contributed by atoms with van der Waals surface area (Å²) in [5.41, 5.74) is 7.25. The van der Waals surface area contributed by atoms with Crippen molar-refractivity contribution in [2.24, 2.45) is 17.1 Å². The van der Waals surface area contributed by atoms with Crippen LogP contribution in [0.5, 0.6) is 0 Å². The molecule has 1 aromatic carbocycles. The van der Waals surface area contributed by atoms with Crippen molar-refractivity contribution in [2.75, 3.05) is 19.6 Å². The molecule has 1 heterocycles. The fourth-order valence-electron chi connectivity index (χ4n) is 3.02. The van der Waals surface area contributed by atoms with E-state index in [4.69, 9.17) is 5.73 Å². The predicted octanol–water partition coefficient (Wildman–Crippen LogP) is 3.96. The molecule has 20 heavy (non-hydrogen) atoms. The van der Waals surface area contributed by atoms with Crippen molar-refractivity contribution in [1.29, 1.82) is 0 Å². The largest absolute Gasteiger partial charge is 0.329 e. The normalized spacial score (nSPS) is 22.2. The summed E-state index contributed by atoms with van der Waals surface area (Å²) in [4.78, 5) is 2.40. The maximum absolute atomic E-state index is 13.5. The van der Waals surface area contributed by atoms with Gasteiger partial charge in [0.2, 0.25) is 0 Å². The first-order valence-corrected chi connectivity index (χ1v) is 8.01. The summed E-state index contributed by atoms with van der Waals surface area (Å²) in [5, 5.41) is 0. The van der Waals surface area contributed by atoms with E-state index < -0.39 is 0 Å². The second-order valence-electron chi connectivity index (χ2n) is 6.76. The molecule has 0 bridgehead atoms. The second-order valence-corrected chi connectivity index (χ2v) is 7.62. The van der Waals surface area contributed by atoms with Crippen LogP contribution in [0.15, 0.2) is 22.7 Å². The molecule has 0 aromatic heterocycles. The van der Waals surface area contributed by atoms with Crippen LogP contribution in [0.1, 0.15) is 38.8 Å². The average molecular weight is 343 g/mol. The summed E-state index contributed by atoms with van der Waals surface area (Å²) in [7, 11) is 0. The summed E-state index contributed by atoms with van der Waals surface area (Å²) in [6.07, 6.45) is 1.19. The number of hydrogen-bond donors (Lipinski definition) is 1. The SMILES string of the molecule is CC(C)(C)C1CCN(C(CN)c2cc(F)ccc2Br)C1. The zero-order valence-corrected chi connectivity index (χ0v) is 14.1. The lowest BCUT2D eigenvalue weighted by molar-refractivity contribution is 0.197. The van der Waals surface area contributed by atoms with Crippen molar-refractivity contribution in [3.8, 4) is 0 Å². The number of hydrogen-bond acceptors (Lipinski definition) is 2. The van der Waals surface area contributed by atoms with E-state index in [9.17, 15) is 4.39 Å². The molecule has 0 spiro atoms. The van der Waals surface area contributed by atoms with Crippen LogP contribution in [-0.4, -0.2) is 24.5 Å². The molecule has 0 amide bonds. The Labute approximate surface area is 129 Å². The minimum absolute atomic E-state index is 0.0902. The third-order valence-electron chi connectivity index (χ3n) is 4.43. The highest BCUT2D eigenvalue weighted by atomic mass is 79.9. The summed E-state index contributed by atoms with van der Waals surface area (Å²) in [6.45, 7) is 9.45. The molecule has 2 atom stereocenters. The van der Waals surface area contributed by atoms with Crippen molar-refractivity contribution in [3.63, 3.8) is 0 Å². The van der Waals surface area contributed by atoms with Crippen LogP contribution in [-0.2, 0) is 0 Å². The van der Waals surface area contributed by atoms with Gasteiger partial charge in [-0.1, -0.05) is 36.7 Å². The molecular weight excluding hydrogens is 319 g/mol. The van der Waals surface area contributed by atoms with E-state index in [1.165, 1.54) is 12.5 Å². The second kappa shape index (κ2) is 6.12. The topological polar surface area (TPSA) is 29.3 Å². The Balaban J connectivity index is 2.20. The highest BCUT2D eigenvalue weighted by Gasteiger charge is 2.35. The zero-order valence-electron chi connectivity index (χ0n) is 12.5. The first-order valence-electron chi connectivity index (χ1n) is 7.22. The van der Waals surface area contributed by atoms with Crippen molar-refractivity contribution >= 4 is 15.9 Å². The van der Waals surface area contributed by atoms with Crippen LogP contribution < -0.4 is 5.73 Å². The lowest BCUT2D eigenvalue weighted by atomic mass is 9.80. The van der Waals surface area contributed by atoms with Crippen LogP contribution in [0.3, 0.4) is 0 Å². The smallest absolute Gasteiger partial charge is 0.123 e. The minimum atomic E-state index is -0.201. The fourth-order valence-corrected chi connectivity index (χ4v) is 3.53. The standard InChI is InChI=1S/C16H24BrFN2/c1-16(2,3)11-6-7-20(10-11)15(9-19)13-8-12(18)4-5-14(13)17/h4-5,8,11,15H,6-7,9-10,19H2,1-3H3. The quantitative estimate of drug-likeness (QED) is 0.900. The van der Waals surface area contributed by atoms with Gasteiger partial charge in [0.25, 0.3) is 0 Å². The van der Waals surface area contributed by atoms with E-state index in [1.807, 2.05) is 0 Å². The van der Waals surface area contributed by atoms with Gasteiger partial charge in [-0.15, -0.1) is 0 Å². The molecule has 2 N–H and O–H groups in total. The third kappa shape index (κ3) is 3.41. The molecule has 0 saturated carbocycles. The lowest BCUT2D eigenvalue weighted by Crippen LogP contribution is -2.34. The van der Waals surface area contributed by atoms with Crippen molar-refractivity contribution in [1.82, 2.24) is 4.90 Å². The average Bonchev–Trinajstić information content (AvgIpc) is 2.84. The molecule has 2 nitrogen and oxygen atoms in total. The Hall–Kier alpha value is -0.450. The van der Waals surface area contributed by atoms with E-state index in [0.717, 1.165) is 23.1 Å². The van der Waals surface area contributed by atoms with E-state index in [-0.39, 0.29) is 11.9 Å². The number of halogens is 2. The zero-order chi connectivity index (χ0) is 14.9. The molecule has 1 aliphatic rings. The van der Waals surface area contributed by atoms with E-state index in [2.05, 4.69) is 41.6 Å². The van der Waals surface area contributed by atoms with Gasteiger partial charge in [0.05, 0.1) is 0 Å². The Morgan fingerprint density at radius 3 is 2.70 bits per heavy atom.